The molecule has 1 amide bonds. The van der Waals surface area contributed by atoms with Crippen molar-refractivity contribution in [2.75, 3.05) is 5.32 Å². The molecule has 2 rings (SSSR count). The van der Waals surface area contributed by atoms with Gasteiger partial charge in [-0.3, -0.25) is 4.79 Å². The lowest BCUT2D eigenvalue weighted by molar-refractivity contribution is 0.100. The molecule has 0 saturated heterocycles. The highest BCUT2D eigenvalue weighted by molar-refractivity contribution is 6.33. The van der Waals surface area contributed by atoms with Gasteiger partial charge in [-0.1, -0.05) is 11.6 Å². The Morgan fingerprint density at radius 2 is 2.05 bits per heavy atom. The summed E-state index contributed by atoms with van der Waals surface area (Å²) in [5.74, 6) is -1.24. The summed E-state index contributed by atoms with van der Waals surface area (Å²) in [7, 11) is 0. The monoisotopic (exact) mass is 294 g/mol. The van der Waals surface area contributed by atoms with Gasteiger partial charge < -0.3 is 16.2 Å². The van der Waals surface area contributed by atoms with Crippen molar-refractivity contribution in [3.8, 4) is 5.75 Å². The normalized spacial score (nSPS) is 10.3. The van der Waals surface area contributed by atoms with Gasteiger partial charge in [0.2, 0.25) is 5.91 Å². The Labute approximate surface area is 120 Å². The van der Waals surface area contributed by atoms with Crippen LogP contribution >= 0.6 is 11.6 Å². The lowest BCUT2D eigenvalue weighted by Crippen LogP contribution is -2.11. The second-order valence-electron chi connectivity index (χ2n) is 4.23. The van der Waals surface area contributed by atoms with Crippen molar-refractivity contribution in [2.45, 2.75) is 6.54 Å². The maximum atomic E-state index is 13.1. The molecule has 0 aliphatic rings. The number of rotatable bonds is 4. The molecular formula is C14H12ClFN2O2. The predicted molar refractivity (Wildman–Crippen MR) is 75.4 cm³/mol. The molecule has 6 heteroatoms. The Balaban J connectivity index is 2.18. The number of primary amides is 1. The average Bonchev–Trinajstić information content (AvgIpc) is 2.36. The lowest BCUT2D eigenvalue weighted by Gasteiger charge is -2.10. The highest BCUT2D eigenvalue weighted by atomic mass is 35.5. The van der Waals surface area contributed by atoms with Crippen molar-refractivity contribution in [3.05, 3.63) is 58.4 Å². The average molecular weight is 295 g/mol. The van der Waals surface area contributed by atoms with E-state index in [1.807, 2.05) is 0 Å². The van der Waals surface area contributed by atoms with E-state index in [1.165, 1.54) is 24.3 Å². The molecule has 0 aliphatic carbocycles. The smallest absolute Gasteiger partial charge is 0.248 e. The van der Waals surface area contributed by atoms with Gasteiger partial charge in [0.1, 0.15) is 11.6 Å². The molecule has 4 N–H and O–H groups in total. The number of nitrogens with two attached hydrogens (primary N) is 1. The van der Waals surface area contributed by atoms with E-state index in [1.54, 1.807) is 6.07 Å². The third kappa shape index (κ3) is 3.39. The fourth-order valence-electron chi connectivity index (χ4n) is 1.75. The minimum Gasteiger partial charge on any atom is -0.508 e. The minimum atomic E-state index is -0.562. The van der Waals surface area contributed by atoms with Gasteiger partial charge in [-0.25, -0.2) is 4.39 Å². The number of benzene rings is 2. The summed E-state index contributed by atoms with van der Waals surface area (Å²) in [5, 5.41) is 12.7. The summed E-state index contributed by atoms with van der Waals surface area (Å²) >= 11 is 5.99. The van der Waals surface area contributed by atoms with Gasteiger partial charge in [0, 0.05) is 18.2 Å². The predicted octanol–water partition coefficient (Wildman–Crippen LogP) is 2.90. The first-order chi connectivity index (χ1) is 9.45. The third-order valence-electron chi connectivity index (χ3n) is 2.68. The van der Waals surface area contributed by atoms with Crippen LogP contribution in [0.5, 0.6) is 5.75 Å². The molecule has 2 aromatic carbocycles. The number of amides is 1. The Kier molecular flexibility index (Phi) is 4.10. The number of phenolic OH excluding ortho intramolecular Hbond substituents is 1. The quantitative estimate of drug-likeness (QED) is 0.811. The molecule has 0 radical (unpaired) electrons. The molecule has 104 valence electrons. The maximum Gasteiger partial charge on any atom is 0.248 e. The molecule has 0 aromatic heterocycles. The number of halogens is 2. The number of aromatic hydroxyl groups is 1. The van der Waals surface area contributed by atoms with Gasteiger partial charge >= 0.3 is 0 Å². The van der Waals surface area contributed by atoms with Crippen LogP contribution in [-0.4, -0.2) is 11.0 Å². The Morgan fingerprint density at radius 1 is 1.30 bits per heavy atom. The van der Waals surface area contributed by atoms with Gasteiger partial charge in [-0.05, 0) is 35.9 Å². The molecule has 2 aromatic rings. The molecule has 20 heavy (non-hydrogen) atoms. The summed E-state index contributed by atoms with van der Waals surface area (Å²) in [6, 6.07) is 8.32. The highest BCUT2D eigenvalue weighted by Gasteiger charge is 2.06. The fraction of sp³-hybridized carbons (Fsp3) is 0.0714. The molecule has 0 spiro atoms. The van der Waals surface area contributed by atoms with Crippen molar-refractivity contribution < 1.29 is 14.3 Å². The van der Waals surface area contributed by atoms with Gasteiger partial charge in [0.15, 0.2) is 0 Å². The molecule has 0 saturated carbocycles. The number of phenols is 1. The van der Waals surface area contributed by atoms with Gasteiger partial charge in [-0.2, -0.15) is 0 Å². The van der Waals surface area contributed by atoms with E-state index in [9.17, 15) is 14.3 Å². The van der Waals surface area contributed by atoms with Gasteiger partial charge in [0.05, 0.1) is 10.7 Å². The van der Waals surface area contributed by atoms with Crippen molar-refractivity contribution in [1.82, 2.24) is 0 Å². The van der Waals surface area contributed by atoms with E-state index in [0.29, 0.717) is 21.8 Å². The molecular weight excluding hydrogens is 283 g/mol. The van der Waals surface area contributed by atoms with Crippen LogP contribution in [0.25, 0.3) is 0 Å². The summed E-state index contributed by atoms with van der Waals surface area (Å²) in [5.41, 5.74) is 6.56. The number of nitrogens with one attached hydrogen (secondary N) is 1. The summed E-state index contributed by atoms with van der Waals surface area (Å²) < 4.78 is 13.1. The topological polar surface area (TPSA) is 75.4 Å². The second kappa shape index (κ2) is 5.79. The van der Waals surface area contributed by atoms with Crippen molar-refractivity contribution in [2.24, 2.45) is 5.73 Å². The Hall–Kier alpha value is -2.27. The maximum absolute atomic E-state index is 13.1. The van der Waals surface area contributed by atoms with E-state index in [2.05, 4.69) is 5.32 Å². The SMILES string of the molecule is NC(=O)c1ccc(Cl)c(NCc2cc(O)cc(F)c2)c1. The largest absolute Gasteiger partial charge is 0.508 e. The number of hydrogen-bond donors (Lipinski definition) is 3. The van der Waals surface area contributed by atoms with Crippen LogP contribution in [0.1, 0.15) is 15.9 Å². The highest BCUT2D eigenvalue weighted by Crippen LogP contribution is 2.24. The van der Waals surface area contributed by atoms with Crippen LogP contribution in [0.3, 0.4) is 0 Å². The minimum absolute atomic E-state index is 0.154. The number of hydrogen-bond acceptors (Lipinski definition) is 3. The van der Waals surface area contributed by atoms with Crippen LogP contribution in [0.4, 0.5) is 10.1 Å². The first kappa shape index (κ1) is 14.1. The Bertz CT molecular complexity index is 641. The van der Waals surface area contributed by atoms with Crippen LogP contribution in [0.15, 0.2) is 36.4 Å². The second-order valence-corrected chi connectivity index (χ2v) is 4.64. The first-order valence-electron chi connectivity index (χ1n) is 5.77. The number of anilines is 1. The Morgan fingerprint density at radius 3 is 2.70 bits per heavy atom. The van der Waals surface area contributed by atoms with Crippen LogP contribution < -0.4 is 11.1 Å². The van der Waals surface area contributed by atoms with Crippen LogP contribution in [0.2, 0.25) is 5.02 Å². The van der Waals surface area contributed by atoms with Crippen molar-refractivity contribution in [1.29, 1.82) is 0 Å². The van der Waals surface area contributed by atoms with E-state index in [4.69, 9.17) is 17.3 Å². The van der Waals surface area contributed by atoms with E-state index >= 15 is 0 Å². The number of carbonyl (C=O) groups excluding carboxylic acids is 1. The summed E-state index contributed by atoms with van der Waals surface area (Å²) in [4.78, 5) is 11.1. The third-order valence-corrected chi connectivity index (χ3v) is 3.01. The van der Waals surface area contributed by atoms with Gasteiger partial charge in [0.25, 0.3) is 0 Å². The molecule has 0 unspecified atom stereocenters. The van der Waals surface area contributed by atoms with Crippen LogP contribution in [-0.2, 0) is 6.54 Å². The molecule has 0 atom stereocenters. The molecule has 0 aliphatic heterocycles. The fourth-order valence-corrected chi connectivity index (χ4v) is 1.93. The van der Waals surface area contributed by atoms with E-state index < -0.39 is 11.7 Å². The standard InChI is InChI=1S/C14H12ClFN2O2/c15-12-2-1-9(14(17)20)5-13(12)18-7-8-3-10(16)6-11(19)4-8/h1-6,18-19H,7H2,(H2,17,20). The molecule has 4 nitrogen and oxygen atoms in total. The summed E-state index contributed by atoms with van der Waals surface area (Å²) in [6.45, 7) is 0.243. The molecule has 0 heterocycles. The zero-order chi connectivity index (χ0) is 14.7. The van der Waals surface area contributed by atoms with Gasteiger partial charge in [-0.15, -0.1) is 0 Å². The summed E-state index contributed by atoms with van der Waals surface area (Å²) in [6.07, 6.45) is 0. The van der Waals surface area contributed by atoms with Crippen molar-refractivity contribution in [3.63, 3.8) is 0 Å². The molecule has 0 bridgehead atoms. The lowest BCUT2D eigenvalue weighted by atomic mass is 10.1. The van der Waals surface area contributed by atoms with E-state index in [0.717, 1.165) is 6.07 Å². The molecule has 0 fully saturated rings. The first-order valence-corrected chi connectivity index (χ1v) is 6.15. The zero-order valence-electron chi connectivity index (χ0n) is 10.4. The zero-order valence-corrected chi connectivity index (χ0v) is 11.1. The van der Waals surface area contributed by atoms with Crippen LogP contribution in [0, 0.1) is 5.82 Å². The van der Waals surface area contributed by atoms with E-state index in [-0.39, 0.29) is 12.3 Å². The van der Waals surface area contributed by atoms with Crippen molar-refractivity contribution >= 4 is 23.2 Å². The number of carbonyl (C=O) groups is 1.